The zero-order valence-corrected chi connectivity index (χ0v) is 10.5. The molecule has 1 heterocycles. The lowest BCUT2D eigenvalue weighted by atomic mass is 10.0. The number of nitrogens with one attached hydrogen (secondary N) is 1. The minimum Gasteiger partial charge on any atom is -0.367 e. The van der Waals surface area contributed by atoms with Crippen LogP contribution in [0, 0.1) is 0 Å². The molecule has 0 aliphatic carbocycles. The van der Waals surface area contributed by atoms with Crippen molar-refractivity contribution in [3.63, 3.8) is 0 Å². The topological polar surface area (TPSA) is 53.2 Å². The van der Waals surface area contributed by atoms with E-state index in [1.807, 2.05) is 20.8 Å². The fraction of sp³-hybridized carbons (Fsp3) is 0.385. The average molecular weight is 234 g/mol. The Morgan fingerprint density at radius 2 is 2.18 bits per heavy atom. The highest BCUT2D eigenvalue weighted by Crippen LogP contribution is 2.15. The first-order valence-corrected chi connectivity index (χ1v) is 5.48. The lowest BCUT2D eigenvalue weighted by Gasteiger charge is -2.34. The summed E-state index contributed by atoms with van der Waals surface area (Å²) in [5, 5.41) is 0. The summed E-state index contributed by atoms with van der Waals surface area (Å²) in [5.41, 5.74) is -0.468. The summed E-state index contributed by atoms with van der Waals surface area (Å²) in [6.07, 6.45) is 4.60. The third-order valence-corrected chi connectivity index (χ3v) is 2.42. The van der Waals surface area contributed by atoms with E-state index in [0.717, 1.165) is 0 Å². The molecule has 0 fully saturated rings. The van der Waals surface area contributed by atoms with E-state index in [1.165, 1.54) is 18.5 Å². The van der Waals surface area contributed by atoms with E-state index >= 15 is 0 Å². The van der Waals surface area contributed by atoms with Crippen LogP contribution in [0.3, 0.4) is 0 Å². The predicted octanol–water partition coefficient (Wildman–Crippen LogP) is 1.80. The van der Waals surface area contributed by atoms with Crippen LogP contribution in [-0.2, 0) is 0 Å². The van der Waals surface area contributed by atoms with Crippen LogP contribution in [0.1, 0.15) is 31.1 Å². The van der Waals surface area contributed by atoms with Gasteiger partial charge in [-0.2, -0.15) is 0 Å². The Morgan fingerprint density at radius 1 is 1.53 bits per heavy atom. The number of carbonyl (C=O) groups is 1. The summed E-state index contributed by atoms with van der Waals surface area (Å²) in [6, 6.07) is 1.35. The Balaban J connectivity index is 3.14. The molecular formula is C13H18N2O2. The monoisotopic (exact) mass is 234 g/mol. The molecule has 0 spiro atoms. The lowest BCUT2D eigenvalue weighted by Crippen LogP contribution is -2.46. The van der Waals surface area contributed by atoms with Crippen molar-refractivity contribution in [3.05, 3.63) is 46.9 Å². The fourth-order valence-corrected chi connectivity index (χ4v) is 1.52. The van der Waals surface area contributed by atoms with Crippen molar-refractivity contribution in [1.29, 1.82) is 0 Å². The van der Waals surface area contributed by atoms with Crippen LogP contribution < -0.4 is 5.43 Å². The molecule has 1 aromatic heterocycles. The molecular weight excluding hydrogens is 216 g/mol. The molecule has 0 aliphatic rings. The SMILES string of the molecule is C=CCN(C(=O)c1c[nH]ccc1=O)C(C)(C)C. The Hall–Kier alpha value is -1.84. The molecule has 0 aliphatic heterocycles. The zero-order valence-electron chi connectivity index (χ0n) is 10.5. The first-order valence-electron chi connectivity index (χ1n) is 5.48. The smallest absolute Gasteiger partial charge is 0.260 e. The first kappa shape index (κ1) is 13.2. The van der Waals surface area contributed by atoms with Crippen molar-refractivity contribution in [2.45, 2.75) is 26.3 Å². The van der Waals surface area contributed by atoms with Crippen molar-refractivity contribution in [2.75, 3.05) is 6.54 Å². The maximum Gasteiger partial charge on any atom is 0.260 e. The summed E-state index contributed by atoms with van der Waals surface area (Å²) in [4.78, 5) is 28.2. The number of hydrogen-bond acceptors (Lipinski definition) is 2. The van der Waals surface area contributed by atoms with E-state index in [-0.39, 0.29) is 22.4 Å². The van der Waals surface area contributed by atoms with Gasteiger partial charge in [0.2, 0.25) is 0 Å². The number of amides is 1. The van der Waals surface area contributed by atoms with Crippen molar-refractivity contribution in [2.24, 2.45) is 0 Å². The van der Waals surface area contributed by atoms with Gasteiger partial charge in [0.15, 0.2) is 5.43 Å². The van der Waals surface area contributed by atoms with Crippen LogP contribution in [0.15, 0.2) is 35.9 Å². The lowest BCUT2D eigenvalue weighted by molar-refractivity contribution is 0.0615. The second kappa shape index (κ2) is 4.99. The van der Waals surface area contributed by atoms with E-state index in [2.05, 4.69) is 11.6 Å². The Kier molecular flexibility index (Phi) is 3.89. The quantitative estimate of drug-likeness (QED) is 0.811. The summed E-state index contributed by atoms with van der Waals surface area (Å²) in [6.45, 7) is 9.81. The molecule has 0 atom stereocenters. The highest BCUT2D eigenvalue weighted by Gasteiger charge is 2.27. The minimum atomic E-state index is -0.354. The van der Waals surface area contributed by atoms with E-state index in [4.69, 9.17) is 0 Å². The Labute approximate surface area is 101 Å². The number of aromatic amines is 1. The van der Waals surface area contributed by atoms with Gasteiger partial charge in [0.1, 0.15) is 5.56 Å². The van der Waals surface area contributed by atoms with Gasteiger partial charge in [0.25, 0.3) is 5.91 Å². The third kappa shape index (κ3) is 3.06. The summed E-state index contributed by atoms with van der Waals surface area (Å²) < 4.78 is 0. The molecule has 1 N–H and O–H groups in total. The number of hydrogen-bond donors (Lipinski definition) is 1. The first-order chi connectivity index (χ1) is 7.88. The van der Waals surface area contributed by atoms with Gasteiger partial charge in [0.05, 0.1) is 0 Å². The molecule has 0 unspecified atom stereocenters. The van der Waals surface area contributed by atoms with Crippen molar-refractivity contribution in [1.82, 2.24) is 9.88 Å². The van der Waals surface area contributed by atoms with Crippen molar-refractivity contribution >= 4 is 5.91 Å². The van der Waals surface area contributed by atoms with Gasteiger partial charge in [0, 0.05) is 30.5 Å². The predicted molar refractivity (Wildman–Crippen MR) is 68.0 cm³/mol. The maximum absolute atomic E-state index is 12.3. The van der Waals surface area contributed by atoms with Crippen LogP contribution in [-0.4, -0.2) is 27.9 Å². The largest absolute Gasteiger partial charge is 0.367 e. The van der Waals surface area contributed by atoms with E-state index in [0.29, 0.717) is 6.54 Å². The zero-order chi connectivity index (χ0) is 13.1. The van der Waals surface area contributed by atoms with Crippen molar-refractivity contribution < 1.29 is 4.79 Å². The van der Waals surface area contributed by atoms with Gasteiger partial charge in [-0.05, 0) is 20.8 Å². The van der Waals surface area contributed by atoms with Gasteiger partial charge in [-0.3, -0.25) is 9.59 Å². The summed E-state index contributed by atoms with van der Waals surface area (Å²) in [5.74, 6) is -0.278. The molecule has 4 nitrogen and oxygen atoms in total. The van der Waals surface area contributed by atoms with Crippen LogP contribution >= 0.6 is 0 Å². The van der Waals surface area contributed by atoms with Crippen LogP contribution in [0.4, 0.5) is 0 Å². The third-order valence-electron chi connectivity index (χ3n) is 2.42. The second-order valence-corrected chi connectivity index (χ2v) is 4.80. The molecule has 17 heavy (non-hydrogen) atoms. The molecule has 0 radical (unpaired) electrons. The summed E-state index contributed by atoms with van der Waals surface area (Å²) >= 11 is 0. The second-order valence-electron chi connectivity index (χ2n) is 4.80. The number of nitrogens with zero attached hydrogens (tertiary/aromatic N) is 1. The summed E-state index contributed by atoms with van der Waals surface area (Å²) in [7, 11) is 0. The Bertz CT molecular complexity index is 469. The number of aromatic nitrogens is 1. The Morgan fingerprint density at radius 3 is 2.65 bits per heavy atom. The van der Waals surface area contributed by atoms with Gasteiger partial charge in [-0.15, -0.1) is 6.58 Å². The number of pyridine rings is 1. The minimum absolute atomic E-state index is 0.157. The molecule has 1 aromatic rings. The average Bonchev–Trinajstić information content (AvgIpc) is 2.24. The van der Waals surface area contributed by atoms with Gasteiger partial charge in [-0.25, -0.2) is 0 Å². The number of carbonyl (C=O) groups excluding carboxylic acids is 1. The van der Waals surface area contributed by atoms with Crippen LogP contribution in [0.25, 0.3) is 0 Å². The van der Waals surface area contributed by atoms with E-state index in [9.17, 15) is 9.59 Å². The highest BCUT2D eigenvalue weighted by atomic mass is 16.2. The molecule has 1 rings (SSSR count). The molecule has 0 saturated heterocycles. The maximum atomic E-state index is 12.3. The van der Waals surface area contributed by atoms with Crippen LogP contribution in [0.2, 0.25) is 0 Å². The molecule has 0 aromatic carbocycles. The van der Waals surface area contributed by atoms with E-state index < -0.39 is 0 Å². The number of rotatable bonds is 3. The van der Waals surface area contributed by atoms with Gasteiger partial charge < -0.3 is 9.88 Å². The van der Waals surface area contributed by atoms with Crippen LogP contribution in [0.5, 0.6) is 0 Å². The molecule has 0 bridgehead atoms. The van der Waals surface area contributed by atoms with Gasteiger partial charge in [-0.1, -0.05) is 6.08 Å². The highest BCUT2D eigenvalue weighted by molar-refractivity contribution is 5.94. The standard InChI is InChI=1S/C13H18N2O2/c1-5-8-15(13(2,3)4)12(17)10-9-14-7-6-11(10)16/h5-7,9H,1,8H2,2-4H3,(H,14,16). The molecule has 92 valence electrons. The van der Waals surface area contributed by atoms with Gasteiger partial charge >= 0.3 is 0 Å². The molecule has 1 amide bonds. The molecule has 4 heteroatoms. The van der Waals surface area contributed by atoms with Crippen molar-refractivity contribution in [3.8, 4) is 0 Å². The van der Waals surface area contributed by atoms with E-state index in [1.54, 1.807) is 11.0 Å². The normalized spacial score (nSPS) is 11.0. The molecule has 0 saturated carbocycles. The fourth-order valence-electron chi connectivity index (χ4n) is 1.52. The number of H-pyrrole nitrogens is 1.